The lowest BCUT2D eigenvalue weighted by Crippen LogP contribution is -2.11. The standard InChI is InChI=1S/C15H8BF3N2O/c1-7-13(21-4-2-3-9(16)15(21)20-7)14(22)8-5-10(17)12(19)11(18)6-8/h2-6H,1H3. The van der Waals surface area contributed by atoms with E-state index in [4.69, 9.17) is 7.85 Å². The van der Waals surface area contributed by atoms with Crippen LogP contribution in [0.1, 0.15) is 21.7 Å². The Hall–Kier alpha value is -2.57. The first kappa shape index (κ1) is 14.4. The molecule has 2 radical (unpaired) electrons. The van der Waals surface area contributed by atoms with E-state index in [2.05, 4.69) is 4.98 Å². The Kier molecular flexibility index (Phi) is 3.28. The molecule has 0 spiro atoms. The Morgan fingerprint density at radius 1 is 1.23 bits per heavy atom. The second kappa shape index (κ2) is 5.01. The molecule has 0 aliphatic rings. The second-order valence-corrected chi connectivity index (χ2v) is 4.79. The third-order valence-electron chi connectivity index (χ3n) is 3.32. The van der Waals surface area contributed by atoms with Crippen LogP contribution in [0.15, 0.2) is 30.5 Å². The number of benzene rings is 1. The van der Waals surface area contributed by atoms with Crippen molar-refractivity contribution >= 4 is 24.7 Å². The summed E-state index contributed by atoms with van der Waals surface area (Å²) in [6.45, 7) is 1.58. The molecule has 2 aromatic heterocycles. The summed E-state index contributed by atoms with van der Waals surface area (Å²) in [4.78, 5) is 16.7. The van der Waals surface area contributed by atoms with E-state index in [1.54, 1.807) is 25.3 Å². The van der Waals surface area contributed by atoms with Crippen molar-refractivity contribution in [3.05, 3.63) is 64.9 Å². The van der Waals surface area contributed by atoms with Crippen LogP contribution < -0.4 is 5.46 Å². The molecule has 1 aromatic carbocycles. The van der Waals surface area contributed by atoms with Gasteiger partial charge in [-0.15, -0.1) is 0 Å². The third kappa shape index (κ3) is 2.09. The van der Waals surface area contributed by atoms with E-state index in [9.17, 15) is 18.0 Å². The monoisotopic (exact) mass is 300 g/mol. The van der Waals surface area contributed by atoms with E-state index in [-0.39, 0.29) is 11.3 Å². The normalized spacial score (nSPS) is 11.1. The molecule has 0 amide bonds. The summed E-state index contributed by atoms with van der Waals surface area (Å²) in [7, 11) is 5.78. The molecule has 0 fully saturated rings. The van der Waals surface area contributed by atoms with Crippen molar-refractivity contribution in [2.75, 3.05) is 0 Å². The number of ketones is 1. The van der Waals surface area contributed by atoms with Crippen LogP contribution in [0.2, 0.25) is 0 Å². The number of carbonyl (C=O) groups excluding carboxylic acids is 1. The Morgan fingerprint density at radius 3 is 2.50 bits per heavy atom. The van der Waals surface area contributed by atoms with Crippen LogP contribution in [-0.4, -0.2) is 23.0 Å². The van der Waals surface area contributed by atoms with E-state index < -0.39 is 23.2 Å². The Morgan fingerprint density at radius 2 is 1.86 bits per heavy atom. The summed E-state index contributed by atoms with van der Waals surface area (Å²) in [6, 6.07) is 4.55. The summed E-state index contributed by atoms with van der Waals surface area (Å²) in [5.41, 5.74) is 0.900. The maximum absolute atomic E-state index is 13.3. The molecule has 3 nitrogen and oxygen atoms in total. The topological polar surface area (TPSA) is 34.4 Å². The van der Waals surface area contributed by atoms with Gasteiger partial charge < -0.3 is 0 Å². The van der Waals surface area contributed by atoms with Gasteiger partial charge in [0, 0.05) is 11.8 Å². The van der Waals surface area contributed by atoms with Crippen LogP contribution in [-0.2, 0) is 0 Å². The first-order chi connectivity index (χ1) is 10.4. The van der Waals surface area contributed by atoms with Gasteiger partial charge >= 0.3 is 0 Å². The van der Waals surface area contributed by atoms with Gasteiger partial charge in [0.05, 0.1) is 5.69 Å². The molecular formula is C15H8BF3N2O. The number of aryl methyl sites for hydroxylation is 1. The highest BCUT2D eigenvalue weighted by Crippen LogP contribution is 2.19. The van der Waals surface area contributed by atoms with Crippen LogP contribution in [0.3, 0.4) is 0 Å². The molecule has 0 saturated heterocycles. The van der Waals surface area contributed by atoms with Gasteiger partial charge in [-0.05, 0) is 25.1 Å². The summed E-state index contributed by atoms with van der Waals surface area (Å²) >= 11 is 0. The summed E-state index contributed by atoms with van der Waals surface area (Å²) < 4.78 is 41.1. The fourth-order valence-corrected chi connectivity index (χ4v) is 2.30. The largest absolute Gasteiger partial charge is 0.297 e. The van der Waals surface area contributed by atoms with Crippen molar-refractivity contribution in [2.45, 2.75) is 6.92 Å². The van der Waals surface area contributed by atoms with Crippen LogP contribution in [0, 0.1) is 24.4 Å². The van der Waals surface area contributed by atoms with Crippen molar-refractivity contribution in [2.24, 2.45) is 0 Å². The predicted octanol–water partition coefficient (Wildman–Crippen LogP) is 2.08. The number of fused-ring (bicyclic) bond motifs is 1. The van der Waals surface area contributed by atoms with E-state index >= 15 is 0 Å². The molecule has 0 saturated carbocycles. The number of hydrogen-bond donors (Lipinski definition) is 0. The minimum atomic E-state index is -1.62. The van der Waals surface area contributed by atoms with Crippen LogP contribution in [0.5, 0.6) is 0 Å². The number of nitrogens with zero attached hydrogens (tertiary/aromatic N) is 2. The van der Waals surface area contributed by atoms with Gasteiger partial charge in [-0.25, -0.2) is 18.2 Å². The van der Waals surface area contributed by atoms with E-state index in [0.29, 0.717) is 28.9 Å². The maximum Gasteiger partial charge on any atom is 0.211 e. The number of pyridine rings is 1. The average Bonchev–Trinajstić information content (AvgIpc) is 2.81. The number of halogens is 3. The number of aromatic nitrogens is 2. The minimum Gasteiger partial charge on any atom is -0.297 e. The molecule has 7 heteroatoms. The Bertz CT molecular complexity index is 898. The summed E-state index contributed by atoms with van der Waals surface area (Å²) in [5, 5.41) is 0. The van der Waals surface area contributed by atoms with Crippen molar-refractivity contribution in [3.8, 4) is 0 Å². The maximum atomic E-state index is 13.3. The molecule has 22 heavy (non-hydrogen) atoms. The van der Waals surface area contributed by atoms with E-state index in [0.717, 1.165) is 0 Å². The third-order valence-corrected chi connectivity index (χ3v) is 3.32. The molecule has 0 unspecified atom stereocenters. The molecule has 0 aliphatic heterocycles. The van der Waals surface area contributed by atoms with Crippen molar-refractivity contribution in [3.63, 3.8) is 0 Å². The molecular weight excluding hydrogens is 292 g/mol. The van der Waals surface area contributed by atoms with Crippen molar-refractivity contribution < 1.29 is 18.0 Å². The molecule has 0 bridgehead atoms. The fraction of sp³-hybridized carbons (Fsp3) is 0.0667. The zero-order valence-corrected chi connectivity index (χ0v) is 11.4. The highest BCUT2D eigenvalue weighted by atomic mass is 19.2. The highest BCUT2D eigenvalue weighted by Gasteiger charge is 2.21. The zero-order valence-electron chi connectivity index (χ0n) is 11.4. The first-order valence-electron chi connectivity index (χ1n) is 6.32. The highest BCUT2D eigenvalue weighted by molar-refractivity contribution is 6.36. The quantitative estimate of drug-likeness (QED) is 0.412. The molecule has 0 atom stereocenters. The molecule has 0 N–H and O–H groups in total. The molecule has 2 heterocycles. The lowest BCUT2D eigenvalue weighted by atomic mass is 9.98. The second-order valence-electron chi connectivity index (χ2n) is 4.79. The van der Waals surface area contributed by atoms with Crippen LogP contribution in [0.25, 0.3) is 5.65 Å². The number of rotatable bonds is 2. The zero-order chi connectivity index (χ0) is 16.0. The van der Waals surface area contributed by atoms with Gasteiger partial charge in [-0.2, -0.15) is 0 Å². The molecule has 108 valence electrons. The van der Waals surface area contributed by atoms with Crippen LogP contribution in [0.4, 0.5) is 13.2 Å². The number of imidazole rings is 1. The smallest absolute Gasteiger partial charge is 0.211 e. The van der Waals surface area contributed by atoms with Gasteiger partial charge in [-0.1, -0.05) is 11.5 Å². The van der Waals surface area contributed by atoms with Gasteiger partial charge in [0.1, 0.15) is 19.2 Å². The average molecular weight is 300 g/mol. The molecule has 3 aromatic rings. The van der Waals surface area contributed by atoms with Crippen LogP contribution >= 0.6 is 0 Å². The number of carbonyl (C=O) groups is 1. The SMILES string of the molecule is [B]c1cccn2c(C(=O)c3cc(F)c(F)c(F)c3)c(C)nc12. The number of hydrogen-bond acceptors (Lipinski definition) is 2. The Balaban J connectivity index is 2.22. The van der Waals surface area contributed by atoms with Gasteiger partial charge in [0.2, 0.25) is 5.78 Å². The van der Waals surface area contributed by atoms with E-state index in [1.165, 1.54) is 4.40 Å². The minimum absolute atomic E-state index is 0.118. The predicted molar refractivity (Wildman–Crippen MR) is 75.1 cm³/mol. The summed E-state index contributed by atoms with van der Waals surface area (Å²) in [6.07, 6.45) is 1.56. The van der Waals surface area contributed by atoms with Gasteiger partial charge in [-0.3, -0.25) is 9.20 Å². The van der Waals surface area contributed by atoms with Crippen molar-refractivity contribution in [1.82, 2.24) is 9.38 Å². The van der Waals surface area contributed by atoms with Gasteiger partial charge in [0.15, 0.2) is 17.5 Å². The molecule has 3 rings (SSSR count). The Labute approximate surface area is 124 Å². The lowest BCUT2D eigenvalue weighted by molar-refractivity contribution is 0.103. The fourth-order valence-electron chi connectivity index (χ4n) is 2.30. The first-order valence-corrected chi connectivity index (χ1v) is 6.32. The molecule has 0 aliphatic carbocycles. The van der Waals surface area contributed by atoms with Crippen molar-refractivity contribution in [1.29, 1.82) is 0 Å². The van der Waals surface area contributed by atoms with Gasteiger partial charge in [0.25, 0.3) is 0 Å². The van der Waals surface area contributed by atoms with E-state index in [1.807, 2.05) is 0 Å². The lowest BCUT2D eigenvalue weighted by Gasteiger charge is -2.05. The summed E-state index contributed by atoms with van der Waals surface area (Å²) in [5.74, 6) is -5.13.